The van der Waals surface area contributed by atoms with Crippen molar-refractivity contribution >= 4 is 11.7 Å². The van der Waals surface area contributed by atoms with Gasteiger partial charge in [-0.2, -0.15) is 0 Å². The maximum absolute atomic E-state index is 6.03. The molecule has 0 atom stereocenters. The van der Waals surface area contributed by atoms with E-state index in [2.05, 4.69) is 15.0 Å². The maximum atomic E-state index is 6.03. The van der Waals surface area contributed by atoms with Gasteiger partial charge in [0.1, 0.15) is 18.2 Å². The third-order valence-electron chi connectivity index (χ3n) is 4.54. The van der Waals surface area contributed by atoms with Crippen LogP contribution in [0.1, 0.15) is 36.0 Å². The second kappa shape index (κ2) is 8.56. The van der Waals surface area contributed by atoms with Gasteiger partial charge in [0.25, 0.3) is 0 Å². The number of aromatic nitrogens is 1. The highest BCUT2D eigenvalue weighted by Gasteiger charge is 2.12. The molecular weight excluding hydrogens is 328 g/mol. The van der Waals surface area contributed by atoms with Gasteiger partial charge in [-0.3, -0.25) is 0 Å². The highest BCUT2D eigenvalue weighted by atomic mass is 16.6. The third-order valence-corrected chi connectivity index (χ3v) is 4.54. The monoisotopic (exact) mass is 354 g/mol. The van der Waals surface area contributed by atoms with Gasteiger partial charge in [0.2, 0.25) is 0 Å². The Morgan fingerprint density at radius 2 is 2.00 bits per heavy atom. The van der Waals surface area contributed by atoms with Crippen molar-refractivity contribution in [3.8, 4) is 5.75 Å². The Labute approximate surface area is 154 Å². The van der Waals surface area contributed by atoms with Crippen molar-refractivity contribution < 1.29 is 9.57 Å². The van der Waals surface area contributed by atoms with Crippen LogP contribution >= 0.6 is 0 Å². The number of ether oxygens (including phenoxy) is 1. The van der Waals surface area contributed by atoms with Crippen LogP contribution in [0.3, 0.4) is 0 Å². The van der Waals surface area contributed by atoms with E-state index < -0.39 is 0 Å². The van der Waals surface area contributed by atoms with E-state index in [1.807, 2.05) is 37.3 Å². The average Bonchev–Trinajstić information content (AvgIpc) is 2.69. The summed E-state index contributed by atoms with van der Waals surface area (Å²) >= 11 is 0. The number of nitrogens with two attached hydrogens (primary N) is 1. The number of benzene rings is 1. The zero-order valence-electron chi connectivity index (χ0n) is 15.4. The predicted octanol–water partition coefficient (Wildman–Crippen LogP) is 3.23. The molecule has 0 unspecified atom stereocenters. The van der Waals surface area contributed by atoms with Gasteiger partial charge in [-0.15, -0.1) is 0 Å². The van der Waals surface area contributed by atoms with E-state index in [1.165, 1.54) is 19.3 Å². The molecule has 1 fully saturated rings. The normalized spacial score (nSPS) is 15.0. The van der Waals surface area contributed by atoms with Crippen molar-refractivity contribution in [3.05, 3.63) is 53.2 Å². The van der Waals surface area contributed by atoms with Crippen LogP contribution in [-0.4, -0.2) is 31.0 Å². The van der Waals surface area contributed by atoms with E-state index >= 15 is 0 Å². The number of oxime groups is 1. The molecule has 1 aromatic heterocycles. The minimum Gasteiger partial charge on any atom is -0.496 e. The van der Waals surface area contributed by atoms with Crippen LogP contribution in [0.15, 0.2) is 41.7 Å². The predicted molar refractivity (Wildman–Crippen MR) is 104 cm³/mol. The molecule has 26 heavy (non-hydrogen) atoms. The number of pyridine rings is 1. The van der Waals surface area contributed by atoms with Gasteiger partial charge in [0.15, 0.2) is 5.84 Å². The van der Waals surface area contributed by atoms with Crippen molar-refractivity contribution in [1.82, 2.24) is 4.98 Å². The number of aryl methyl sites for hydroxylation is 1. The minimum absolute atomic E-state index is 0.296. The lowest BCUT2D eigenvalue weighted by Gasteiger charge is -2.27. The fraction of sp³-hybridized carbons (Fsp3) is 0.400. The summed E-state index contributed by atoms with van der Waals surface area (Å²) in [5, 5.41) is 4.02. The van der Waals surface area contributed by atoms with Gasteiger partial charge in [0, 0.05) is 30.4 Å². The molecule has 6 heteroatoms. The fourth-order valence-corrected chi connectivity index (χ4v) is 3.09. The van der Waals surface area contributed by atoms with Crippen LogP contribution in [-0.2, 0) is 11.4 Å². The van der Waals surface area contributed by atoms with Gasteiger partial charge in [-0.1, -0.05) is 16.8 Å². The molecule has 2 heterocycles. The molecule has 2 aromatic rings. The number of amidine groups is 1. The number of piperidine rings is 1. The molecule has 0 radical (unpaired) electrons. The largest absolute Gasteiger partial charge is 0.496 e. The minimum atomic E-state index is 0.296. The molecule has 0 saturated carbocycles. The summed E-state index contributed by atoms with van der Waals surface area (Å²) in [6, 6.07) is 9.86. The lowest BCUT2D eigenvalue weighted by Crippen LogP contribution is -2.30. The molecule has 6 nitrogen and oxygen atoms in total. The molecule has 0 amide bonds. The molecule has 0 spiro atoms. The summed E-state index contributed by atoms with van der Waals surface area (Å²) in [5.41, 5.74) is 8.85. The van der Waals surface area contributed by atoms with Crippen molar-refractivity contribution in [1.29, 1.82) is 0 Å². The molecule has 1 aromatic carbocycles. The molecule has 2 N–H and O–H groups in total. The molecular formula is C20H26N4O2. The Hall–Kier alpha value is -2.76. The van der Waals surface area contributed by atoms with E-state index in [9.17, 15) is 0 Å². The Balaban J connectivity index is 1.61. The Morgan fingerprint density at radius 1 is 1.19 bits per heavy atom. The molecule has 1 aliphatic rings. The highest BCUT2D eigenvalue weighted by Crippen LogP contribution is 2.21. The van der Waals surface area contributed by atoms with Crippen LogP contribution in [0.4, 0.5) is 5.82 Å². The lowest BCUT2D eigenvalue weighted by molar-refractivity contribution is 0.128. The van der Waals surface area contributed by atoms with Gasteiger partial charge in [-0.25, -0.2) is 4.98 Å². The van der Waals surface area contributed by atoms with E-state index in [-0.39, 0.29) is 0 Å². The molecule has 1 aliphatic heterocycles. The molecule has 0 aliphatic carbocycles. The van der Waals surface area contributed by atoms with Crippen LogP contribution in [0.25, 0.3) is 0 Å². The average molecular weight is 354 g/mol. The van der Waals surface area contributed by atoms with Crippen LogP contribution in [0, 0.1) is 6.92 Å². The summed E-state index contributed by atoms with van der Waals surface area (Å²) in [6.07, 6.45) is 5.50. The van der Waals surface area contributed by atoms with Crippen molar-refractivity contribution in [3.63, 3.8) is 0 Å². The summed E-state index contributed by atoms with van der Waals surface area (Å²) in [7, 11) is 1.64. The summed E-state index contributed by atoms with van der Waals surface area (Å²) in [4.78, 5) is 12.2. The van der Waals surface area contributed by atoms with Crippen LogP contribution < -0.4 is 15.4 Å². The number of anilines is 1. The first-order chi connectivity index (χ1) is 12.7. The molecule has 138 valence electrons. The van der Waals surface area contributed by atoms with Crippen molar-refractivity contribution in [2.24, 2.45) is 10.9 Å². The number of nitrogens with zero attached hydrogens (tertiary/aromatic N) is 3. The van der Waals surface area contributed by atoms with Gasteiger partial charge < -0.3 is 20.2 Å². The first-order valence-corrected chi connectivity index (χ1v) is 8.97. The number of hydrogen-bond acceptors (Lipinski definition) is 5. The van der Waals surface area contributed by atoms with Crippen LogP contribution in [0.5, 0.6) is 5.75 Å². The SMILES string of the molecule is COc1ccc(C)cc1CON=C(N)c1ccc(N2CCCCC2)nc1. The molecule has 1 saturated heterocycles. The molecule has 3 rings (SSSR count). The van der Waals surface area contributed by atoms with Gasteiger partial charge in [-0.05, 0) is 50.5 Å². The zero-order valence-corrected chi connectivity index (χ0v) is 15.4. The summed E-state index contributed by atoms with van der Waals surface area (Å²) < 4.78 is 5.34. The topological polar surface area (TPSA) is 73.0 Å². The highest BCUT2D eigenvalue weighted by molar-refractivity contribution is 5.96. The second-order valence-electron chi connectivity index (χ2n) is 6.52. The Bertz CT molecular complexity index is 753. The first-order valence-electron chi connectivity index (χ1n) is 8.97. The quantitative estimate of drug-likeness (QED) is 0.490. The Morgan fingerprint density at radius 3 is 2.69 bits per heavy atom. The lowest BCUT2D eigenvalue weighted by atomic mass is 10.1. The van der Waals surface area contributed by atoms with Gasteiger partial charge in [0.05, 0.1) is 7.11 Å². The summed E-state index contributed by atoms with van der Waals surface area (Å²) in [6.45, 7) is 4.45. The zero-order chi connectivity index (χ0) is 18.4. The molecule has 0 bridgehead atoms. The Kier molecular flexibility index (Phi) is 5.94. The van der Waals surface area contributed by atoms with E-state index in [0.717, 1.165) is 41.3 Å². The summed E-state index contributed by atoms with van der Waals surface area (Å²) in [5.74, 6) is 2.08. The van der Waals surface area contributed by atoms with Gasteiger partial charge >= 0.3 is 0 Å². The second-order valence-corrected chi connectivity index (χ2v) is 6.52. The number of rotatable bonds is 6. The van der Waals surface area contributed by atoms with Crippen molar-refractivity contribution in [2.45, 2.75) is 32.8 Å². The van der Waals surface area contributed by atoms with E-state index in [0.29, 0.717) is 12.4 Å². The smallest absolute Gasteiger partial charge is 0.171 e. The van der Waals surface area contributed by atoms with E-state index in [4.69, 9.17) is 15.3 Å². The van der Waals surface area contributed by atoms with E-state index in [1.54, 1.807) is 13.3 Å². The fourth-order valence-electron chi connectivity index (χ4n) is 3.09. The van der Waals surface area contributed by atoms with Crippen LogP contribution in [0.2, 0.25) is 0 Å². The number of methoxy groups -OCH3 is 1. The maximum Gasteiger partial charge on any atom is 0.171 e. The number of hydrogen-bond donors (Lipinski definition) is 1. The standard InChI is InChI=1S/C20H26N4O2/c1-15-6-8-18(25-2)17(12-15)14-26-23-20(21)16-7-9-19(22-13-16)24-10-4-3-5-11-24/h6-9,12-13H,3-5,10-11,14H2,1-2H3,(H2,21,23). The first kappa shape index (κ1) is 18.0. The van der Waals surface area contributed by atoms with Crippen molar-refractivity contribution in [2.75, 3.05) is 25.1 Å². The third kappa shape index (κ3) is 4.45.